The molecule has 2 N–H and O–H groups in total. The van der Waals surface area contributed by atoms with Gasteiger partial charge in [0.05, 0.1) is 22.3 Å². The molecule has 1 fully saturated rings. The van der Waals surface area contributed by atoms with E-state index in [9.17, 15) is 9.90 Å². The van der Waals surface area contributed by atoms with E-state index in [0.29, 0.717) is 31.0 Å². The third-order valence-corrected chi connectivity index (χ3v) is 3.85. The largest absolute Gasteiger partial charge is 0.505 e. The average Bonchev–Trinajstić information content (AvgIpc) is 2.51. The van der Waals surface area contributed by atoms with E-state index in [-0.39, 0.29) is 21.7 Å². The summed E-state index contributed by atoms with van der Waals surface area (Å²) in [5.41, 5.74) is 1.05. The second kappa shape index (κ2) is 5.50. The molecule has 2 aliphatic rings. The first kappa shape index (κ1) is 14.1. The van der Waals surface area contributed by atoms with Crippen LogP contribution in [0.1, 0.15) is 10.4 Å². The Morgan fingerprint density at radius 3 is 2.76 bits per heavy atom. The normalized spacial score (nSPS) is 17.1. The van der Waals surface area contributed by atoms with Gasteiger partial charge < -0.3 is 20.1 Å². The van der Waals surface area contributed by atoms with Gasteiger partial charge in [0.2, 0.25) is 0 Å². The smallest absolute Gasteiger partial charge is 0.258 e. The number of fused-ring (bicyclic) bond motifs is 1. The Bertz CT molecular complexity index is 647. The zero-order chi connectivity index (χ0) is 15.0. The molecule has 0 spiro atoms. The third kappa shape index (κ3) is 2.54. The van der Waals surface area contributed by atoms with Gasteiger partial charge in [0.1, 0.15) is 6.61 Å². The van der Waals surface area contributed by atoms with Gasteiger partial charge in [-0.3, -0.25) is 4.79 Å². The quantitative estimate of drug-likeness (QED) is 0.832. The molecule has 1 aromatic carbocycles. The van der Waals surface area contributed by atoms with Crippen molar-refractivity contribution in [2.24, 2.45) is 0 Å². The van der Waals surface area contributed by atoms with Gasteiger partial charge in [0.25, 0.3) is 5.91 Å². The van der Waals surface area contributed by atoms with Crippen molar-refractivity contribution in [3.63, 3.8) is 0 Å². The van der Waals surface area contributed by atoms with E-state index in [1.54, 1.807) is 11.1 Å². The molecule has 2 heterocycles. The molecule has 5 nitrogen and oxygen atoms in total. The van der Waals surface area contributed by atoms with Gasteiger partial charge in [0, 0.05) is 18.3 Å². The van der Waals surface area contributed by atoms with Gasteiger partial charge >= 0.3 is 0 Å². The standard InChI is InChI=1S/C14H12Cl2N2O3/c15-9-5-8(6-10(16)13(9)19)14(20)18-3-4-21-12-7-17-2-1-11(12)18/h1,5-7,17,19H,2-4H2. The van der Waals surface area contributed by atoms with E-state index in [2.05, 4.69) is 5.32 Å². The summed E-state index contributed by atoms with van der Waals surface area (Å²) in [5, 5.41) is 12.7. The van der Waals surface area contributed by atoms with Crippen LogP contribution in [0, 0.1) is 0 Å². The van der Waals surface area contributed by atoms with Gasteiger partial charge in [-0.2, -0.15) is 0 Å². The van der Waals surface area contributed by atoms with E-state index in [0.717, 1.165) is 5.70 Å². The van der Waals surface area contributed by atoms with Crippen LogP contribution in [0.25, 0.3) is 0 Å². The number of nitrogens with one attached hydrogen (secondary N) is 1. The summed E-state index contributed by atoms with van der Waals surface area (Å²) >= 11 is 11.7. The van der Waals surface area contributed by atoms with E-state index in [1.807, 2.05) is 6.08 Å². The zero-order valence-electron chi connectivity index (χ0n) is 10.9. The molecule has 0 aliphatic carbocycles. The first-order chi connectivity index (χ1) is 10.1. The van der Waals surface area contributed by atoms with Gasteiger partial charge in [-0.1, -0.05) is 23.2 Å². The maximum absolute atomic E-state index is 12.7. The highest BCUT2D eigenvalue weighted by Crippen LogP contribution is 2.34. The van der Waals surface area contributed by atoms with Crippen LogP contribution in [0.4, 0.5) is 0 Å². The highest BCUT2D eigenvalue weighted by atomic mass is 35.5. The number of benzene rings is 1. The Kier molecular flexibility index (Phi) is 3.69. The Balaban J connectivity index is 1.95. The van der Waals surface area contributed by atoms with Gasteiger partial charge in [-0.05, 0) is 18.2 Å². The first-order valence-corrected chi connectivity index (χ1v) is 7.10. The molecule has 0 saturated carbocycles. The summed E-state index contributed by atoms with van der Waals surface area (Å²) in [7, 11) is 0. The summed E-state index contributed by atoms with van der Waals surface area (Å²) in [5.74, 6) is 0.177. The van der Waals surface area contributed by atoms with Crippen LogP contribution >= 0.6 is 23.2 Å². The fourth-order valence-corrected chi connectivity index (χ4v) is 2.75. The number of dihydropyridines is 1. The fourth-order valence-electron chi connectivity index (χ4n) is 2.26. The summed E-state index contributed by atoms with van der Waals surface area (Å²) in [6.07, 6.45) is 3.63. The second-order valence-electron chi connectivity index (χ2n) is 4.60. The average molecular weight is 327 g/mol. The molecule has 0 radical (unpaired) electrons. The molecule has 1 saturated heterocycles. The number of halogens is 2. The van der Waals surface area contributed by atoms with Gasteiger partial charge in [-0.25, -0.2) is 0 Å². The van der Waals surface area contributed by atoms with Crippen LogP contribution in [0.5, 0.6) is 5.75 Å². The second-order valence-corrected chi connectivity index (χ2v) is 5.41. The maximum Gasteiger partial charge on any atom is 0.258 e. The zero-order valence-corrected chi connectivity index (χ0v) is 12.4. The number of hydrogen-bond donors (Lipinski definition) is 2. The van der Waals surface area contributed by atoms with Gasteiger partial charge in [-0.15, -0.1) is 0 Å². The van der Waals surface area contributed by atoms with Crippen LogP contribution in [0.2, 0.25) is 10.0 Å². The van der Waals surface area contributed by atoms with Crippen LogP contribution in [-0.4, -0.2) is 35.6 Å². The third-order valence-electron chi connectivity index (χ3n) is 3.27. The molecule has 7 heteroatoms. The molecular weight excluding hydrogens is 315 g/mol. The monoisotopic (exact) mass is 326 g/mol. The van der Waals surface area contributed by atoms with Crippen molar-refractivity contribution in [2.45, 2.75) is 0 Å². The van der Waals surface area contributed by atoms with E-state index in [4.69, 9.17) is 27.9 Å². The lowest BCUT2D eigenvalue weighted by Gasteiger charge is -2.33. The summed E-state index contributed by atoms with van der Waals surface area (Å²) in [6, 6.07) is 2.82. The number of ether oxygens (including phenoxy) is 1. The van der Waals surface area contributed by atoms with Crippen LogP contribution in [-0.2, 0) is 4.74 Å². The topological polar surface area (TPSA) is 61.8 Å². The molecular formula is C14H12Cl2N2O3. The Morgan fingerprint density at radius 2 is 2.05 bits per heavy atom. The number of carbonyl (C=O) groups excluding carboxylic acids is 1. The number of carbonyl (C=O) groups is 1. The Morgan fingerprint density at radius 1 is 1.33 bits per heavy atom. The maximum atomic E-state index is 12.7. The van der Waals surface area contributed by atoms with Crippen molar-refractivity contribution in [1.29, 1.82) is 0 Å². The van der Waals surface area contributed by atoms with Gasteiger partial charge in [0.15, 0.2) is 11.5 Å². The SMILES string of the molecule is O=C(c1cc(Cl)c(O)c(Cl)c1)N1CCOC2=CNCC=C21. The Hall–Kier alpha value is -1.85. The molecule has 3 rings (SSSR count). The lowest BCUT2D eigenvalue weighted by Crippen LogP contribution is -2.40. The van der Waals surface area contributed by atoms with E-state index in [1.165, 1.54) is 12.1 Å². The summed E-state index contributed by atoms with van der Waals surface area (Å²) < 4.78 is 5.51. The molecule has 0 aromatic heterocycles. The minimum absolute atomic E-state index is 0.0502. The van der Waals surface area contributed by atoms with Crippen molar-refractivity contribution in [3.05, 3.63) is 51.5 Å². The number of amides is 1. The van der Waals surface area contributed by atoms with Crippen LogP contribution < -0.4 is 5.32 Å². The number of morpholine rings is 1. The summed E-state index contributed by atoms with van der Waals surface area (Å²) in [6.45, 7) is 1.48. The van der Waals surface area contributed by atoms with Crippen LogP contribution in [0.3, 0.4) is 0 Å². The van der Waals surface area contributed by atoms with E-state index >= 15 is 0 Å². The molecule has 0 atom stereocenters. The minimum atomic E-state index is -0.235. The minimum Gasteiger partial charge on any atom is -0.505 e. The number of hydrogen-bond acceptors (Lipinski definition) is 4. The van der Waals surface area contributed by atoms with Crippen molar-refractivity contribution >= 4 is 29.1 Å². The molecule has 21 heavy (non-hydrogen) atoms. The van der Waals surface area contributed by atoms with Crippen molar-refractivity contribution < 1.29 is 14.6 Å². The highest BCUT2D eigenvalue weighted by Gasteiger charge is 2.28. The number of phenols is 1. The molecule has 1 amide bonds. The Labute approximate surface area is 131 Å². The highest BCUT2D eigenvalue weighted by molar-refractivity contribution is 6.37. The number of phenolic OH excluding ortho intramolecular Hbond substituents is 1. The lowest BCUT2D eigenvalue weighted by molar-refractivity contribution is 0.0666. The number of rotatable bonds is 1. The number of nitrogens with zero attached hydrogens (tertiary/aromatic N) is 1. The molecule has 0 bridgehead atoms. The predicted octanol–water partition coefficient (Wildman–Crippen LogP) is 2.50. The fraction of sp³-hybridized carbons (Fsp3) is 0.214. The summed E-state index contributed by atoms with van der Waals surface area (Å²) in [4.78, 5) is 14.3. The van der Waals surface area contributed by atoms with Crippen LogP contribution in [0.15, 0.2) is 35.9 Å². The van der Waals surface area contributed by atoms with Crippen molar-refractivity contribution in [1.82, 2.24) is 10.2 Å². The molecule has 1 aromatic rings. The first-order valence-electron chi connectivity index (χ1n) is 6.34. The van der Waals surface area contributed by atoms with E-state index < -0.39 is 0 Å². The predicted molar refractivity (Wildman–Crippen MR) is 79.3 cm³/mol. The number of aromatic hydroxyl groups is 1. The molecule has 2 aliphatic heterocycles. The molecule has 110 valence electrons. The van der Waals surface area contributed by atoms with Crippen molar-refractivity contribution in [2.75, 3.05) is 19.7 Å². The van der Waals surface area contributed by atoms with Crippen molar-refractivity contribution in [3.8, 4) is 5.75 Å². The molecule has 0 unspecified atom stereocenters. The lowest BCUT2D eigenvalue weighted by atomic mass is 10.1.